The van der Waals surface area contributed by atoms with Gasteiger partial charge in [0.05, 0.1) is 18.4 Å². The Morgan fingerprint density at radius 2 is 2.26 bits per heavy atom. The van der Waals surface area contributed by atoms with Crippen LogP contribution in [0.2, 0.25) is 0 Å². The van der Waals surface area contributed by atoms with Crippen molar-refractivity contribution in [2.45, 2.75) is 31.2 Å². The Labute approximate surface area is 121 Å². The minimum absolute atomic E-state index is 0.00118. The number of nitrogens with one attached hydrogen (secondary N) is 1. The van der Waals surface area contributed by atoms with Gasteiger partial charge >= 0.3 is 5.97 Å². The summed E-state index contributed by atoms with van der Waals surface area (Å²) in [4.78, 5) is 10.5. The molecule has 0 aromatic carbocycles. The second kappa shape index (κ2) is 8.34. The Morgan fingerprint density at radius 1 is 1.53 bits per heavy atom. The molecule has 0 aliphatic heterocycles. The van der Waals surface area contributed by atoms with E-state index in [2.05, 4.69) is 29.4 Å². The van der Waals surface area contributed by atoms with E-state index in [4.69, 9.17) is 9.84 Å². The van der Waals surface area contributed by atoms with Gasteiger partial charge in [0.1, 0.15) is 0 Å². The van der Waals surface area contributed by atoms with Gasteiger partial charge in [-0.3, -0.25) is 4.79 Å². The molecule has 1 rings (SSSR count). The predicted octanol–water partition coefficient (Wildman–Crippen LogP) is 2.19. The van der Waals surface area contributed by atoms with E-state index < -0.39 is 5.97 Å². The van der Waals surface area contributed by atoms with E-state index >= 15 is 0 Å². The van der Waals surface area contributed by atoms with Crippen molar-refractivity contribution in [2.75, 3.05) is 24.3 Å². The highest BCUT2D eigenvalue weighted by molar-refractivity contribution is 8.01. The molecule has 108 valence electrons. The molecule has 6 nitrogen and oxygen atoms in total. The van der Waals surface area contributed by atoms with E-state index in [1.54, 1.807) is 0 Å². The van der Waals surface area contributed by atoms with Crippen LogP contribution in [0.5, 0.6) is 0 Å². The molecule has 0 saturated carbocycles. The molecule has 1 heterocycles. The smallest absolute Gasteiger partial charge is 0.313 e. The lowest BCUT2D eigenvalue weighted by atomic mass is 10.1. The van der Waals surface area contributed by atoms with E-state index in [1.165, 1.54) is 23.1 Å². The van der Waals surface area contributed by atoms with Crippen molar-refractivity contribution in [3.63, 3.8) is 0 Å². The molecule has 0 spiro atoms. The molecule has 0 radical (unpaired) electrons. The molecule has 0 aliphatic carbocycles. The molecular formula is C11H19N3O3S2. The quantitative estimate of drug-likeness (QED) is 0.676. The molecule has 1 unspecified atom stereocenters. The molecule has 8 heteroatoms. The fourth-order valence-corrected chi connectivity index (χ4v) is 2.79. The summed E-state index contributed by atoms with van der Waals surface area (Å²) in [6.07, 6.45) is 0. The number of carboxylic acids is 1. The van der Waals surface area contributed by atoms with Crippen molar-refractivity contribution in [2.24, 2.45) is 5.92 Å². The first-order valence-electron chi connectivity index (χ1n) is 6.05. The molecule has 0 amide bonds. The third-order valence-corrected chi connectivity index (χ3v) is 4.31. The summed E-state index contributed by atoms with van der Waals surface area (Å²) in [7, 11) is 0. The molecule has 1 aromatic heterocycles. The molecule has 2 N–H and O–H groups in total. The molecule has 0 fully saturated rings. The lowest BCUT2D eigenvalue weighted by molar-refractivity contribution is -0.133. The highest BCUT2D eigenvalue weighted by Crippen LogP contribution is 2.26. The number of nitrogens with zero attached hydrogens (tertiary/aromatic N) is 2. The summed E-state index contributed by atoms with van der Waals surface area (Å²) in [5.41, 5.74) is 0. The van der Waals surface area contributed by atoms with Gasteiger partial charge in [-0.1, -0.05) is 36.9 Å². The van der Waals surface area contributed by atoms with Crippen LogP contribution in [0.15, 0.2) is 4.34 Å². The zero-order valence-electron chi connectivity index (χ0n) is 11.3. The Morgan fingerprint density at radius 3 is 2.84 bits per heavy atom. The molecule has 1 aromatic rings. The van der Waals surface area contributed by atoms with E-state index in [-0.39, 0.29) is 11.8 Å². The summed E-state index contributed by atoms with van der Waals surface area (Å²) in [6, 6.07) is 0.172. The van der Waals surface area contributed by atoms with Crippen LogP contribution in [0.25, 0.3) is 0 Å². The number of hydrogen-bond acceptors (Lipinski definition) is 7. The monoisotopic (exact) mass is 305 g/mol. The highest BCUT2D eigenvalue weighted by Gasteiger charge is 2.16. The number of hydrogen-bond donors (Lipinski definition) is 2. The van der Waals surface area contributed by atoms with Crippen LogP contribution in [-0.4, -0.2) is 46.3 Å². The van der Waals surface area contributed by atoms with Crippen LogP contribution in [0, 0.1) is 5.92 Å². The molecule has 0 bridgehead atoms. The van der Waals surface area contributed by atoms with Crippen molar-refractivity contribution in [1.29, 1.82) is 0 Å². The van der Waals surface area contributed by atoms with Gasteiger partial charge in [0.15, 0.2) is 4.34 Å². The van der Waals surface area contributed by atoms with Crippen molar-refractivity contribution in [3.8, 4) is 0 Å². The minimum Gasteiger partial charge on any atom is -0.481 e. The van der Waals surface area contributed by atoms with Crippen molar-refractivity contribution in [3.05, 3.63) is 0 Å². The molecule has 1 atom stereocenters. The third-order valence-electron chi connectivity index (χ3n) is 2.34. The summed E-state index contributed by atoms with van der Waals surface area (Å²) in [5.74, 6) is -0.446. The Hall–Kier alpha value is -0.860. The lowest BCUT2D eigenvalue weighted by Crippen LogP contribution is -2.30. The topological polar surface area (TPSA) is 84.3 Å². The largest absolute Gasteiger partial charge is 0.481 e. The van der Waals surface area contributed by atoms with Crippen LogP contribution in [0.3, 0.4) is 0 Å². The van der Waals surface area contributed by atoms with Crippen LogP contribution in [0.1, 0.15) is 20.8 Å². The second-order valence-corrected chi connectivity index (χ2v) is 6.41. The zero-order valence-corrected chi connectivity index (χ0v) is 12.9. The standard InChI is InChI=1S/C11H19N3O3S2/c1-4-17-5-8(7(2)3)12-10-13-14-11(19-10)18-6-9(15)16/h7-8H,4-6H2,1-3H3,(H,12,13)(H,15,16). The van der Waals surface area contributed by atoms with Crippen LogP contribution < -0.4 is 5.32 Å². The number of aliphatic carboxylic acids is 1. The van der Waals surface area contributed by atoms with E-state index in [0.717, 1.165) is 0 Å². The maximum Gasteiger partial charge on any atom is 0.313 e. The summed E-state index contributed by atoms with van der Waals surface area (Å²) >= 11 is 2.54. The van der Waals surface area contributed by atoms with Gasteiger partial charge in [0.25, 0.3) is 0 Å². The van der Waals surface area contributed by atoms with Crippen molar-refractivity contribution >= 4 is 34.2 Å². The first-order chi connectivity index (χ1) is 9.02. The van der Waals surface area contributed by atoms with Gasteiger partial charge in [-0.15, -0.1) is 10.2 Å². The van der Waals surface area contributed by atoms with E-state index in [1.807, 2.05) is 6.92 Å². The number of carbonyl (C=O) groups is 1. The number of carboxylic acid groups (broad SMARTS) is 1. The molecule has 0 aliphatic rings. The lowest BCUT2D eigenvalue weighted by Gasteiger charge is -2.21. The van der Waals surface area contributed by atoms with E-state index in [9.17, 15) is 4.79 Å². The van der Waals surface area contributed by atoms with Gasteiger partial charge in [-0.05, 0) is 12.8 Å². The van der Waals surface area contributed by atoms with Crippen LogP contribution in [0.4, 0.5) is 5.13 Å². The Bertz CT molecular complexity index is 398. The fraction of sp³-hybridized carbons (Fsp3) is 0.727. The van der Waals surface area contributed by atoms with Crippen LogP contribution in [-0.2, 0) is 9.53 Å². The van der Waals surface area contributed by atoms with Gasteiger partial charge < -0.3 is 15.2 Å². The maximum atomic E-state index is 10.5. The van der Waals surface area contributed by atoms with Crippen molar-refractivity contribution in [1.82, 2.24) is 10.2 Å². The Balaban J connectivity index is 2.52. The number of rotatable bonds is 9. The van der Waals surface area contributed by atoms with Gasteiger partial charge in [0.2, 0.25) is 5.13 Å². The molecular weight excluding hydrogens is 286 g/mol. The third kappa shape index (κ3) is 6.22. The van der Waals surface area contributed by atoms with Crippen LogP contribution >= 0.6 is 23.1 Å². The summed E-state index contributed by atoms with van der Waals surface area (Å²) in [5, 5.41) is 20.5. The highest BCUT2D eigenvalue weighted by atomic mass is 32.2. The Kier molecular flexibility index (Phi) is 7.11. The first-order valence-corrected chi connectivity index (χ1v) is 7.85. The summed E-state index contributed by atoms with van der Waals surface area (Å²) in [6.45, 7) is 7.48. The summed E-state index contributed by atoms with van der Waals surface area (Å²) < 4.78 is 6.08. The average Bonchev–Trinajstić information content (AvgIpc) is 2.79. The molecule has 19 heavy (non-hydrogen) atoms. The number of thioether (sulfide) groups is 1. The second-order valence-electron chi connectivity index (χ2n) is 4.21. The SMILES string of the molecule is CCOCC(Nc1nnc(SCC(=O)O)s1)C(C)C. The van der Waals surface area contributed by atoms with Gasteiger partial charge in [-0.25, -0.2) is 0 Å². The normalized spacial score (nSPS) is 12.6. The maximum absolute atomic E-state index is 10.5. The van der Waals surface area contributed by atoms with Gasteiger partial charge in [-0.2, -0.15) is 0 Å². The zero-order chi connectivity index (χ0) is 14.3. The molecule has 0 saturated heterocycles. The number of anilines is 1. The predicted molar refractivity (Wildman–Crippen MR) is 77.0 cm³/mol. The number of ether oxygens (including phenoxy) is 1. The average molecular weight is 305 g/mol. The fourth-order valence-electron chi connectivity index (χ4n) is 1.25. The minimum atomic E-state index is -0.855. The van der Waals surface area contributed by atoms with E-state index in [0.29, 0.717) is 28.6 Å². The number of aromatic nitrogens is 2. The van der Waals surface area contributed by atoms with Gasteiger partial charge in [0, 0.05) is 6.61 Å². The van der Waals surface area contributed by atoms with Crippen molar-refractivity contribution < 1.29 is 14.6 Å². The first kappa shape index (κ1) is 16.2.